The predicted molar refractivity (Wildman–Crippen MR) is 92.8 cm³/mol. The Morgan fingerprint density at radius 1 is 1.04 bits per heavy atom. The summed E-state index contributed by atoms with van der Waals surface area (Å²) in [5.41, 5.74) is 2.93. The van der Waals surface area contributed by atoms with Crippen molar-refractivity contribution in [2.75, 3.05) is 0 Å². The molecule has 1 unspecified atom stereocenters. The van der Waals surface area contributed by atoms with Gasteiger partial charge in [-0.1, -0.05) is 42.1 Å². The number of carboxylic acid groups (broad SMARTS) is 1. The topological polar surface area (TPSA) is 72.4 Å². The first-order valence-corrected chi connectivity index (χ1v) is 8.34. The highest BCUT2D eigenvalue weighted by molar-refractivity contribution is 8.00. The summed E-state index contributed by atoms with van der Waals surface area (Å²) in [6.07, 6.45) is 0. The molecule has 0 spiro atoms. The first-order chi connectivity index (χ1) is 11.7. The highest BCUT2D eigenvalue weighted by Crippen LogP contribution is 2.30. The summed E-state index contributed by atoms with van der Waals surface area (Å²) < 4.78 is 3.93. The lowest BCUT2D eigenvalue weighted by Crippen LogP contribution is -2.11. The van der Waals surface area contributed by atoms with Gasteiger partial charge in [0.05, 0.1) is 11.0 Å². The number of hydrogen-bond acceptors (Lipinski definition) is 4. The molecule has 4 aromatic rings. The SMILES string of the molecule is CC(Sc1nnc2n(-c3ccccc3)c3ccccc3n12)C(=O)O. The number of carbonyl (C=O) groups is 1. The van der Waals surface area contributed by atoms with Gasteiger partial charge >= 0.3 is 5.97 Å². The van der Waals surface area contributed by atoms with Gasteiger partial charge in [-0.25, -0.2) is 0 Å². The van der Waals surface area contributed by atoms with Gasteiger partial charge in [0.1, 0.15) is 5.25 Å². The number of para-hydroxylation sites is 3. The number of carboxylic acids is 1. The summed E-state index contributed by atoms with van der Waals surface area (Å²) in [4.78, 5) is 11.2. The molecular formula is C17H14N4O2S. The molecule has 6 nitrogen and oxygen atoms in total. The number of hydrogen-bond donors (Lipinski definition) is 1. The van der Waals surface area contributed by atoms with Crippen molar-refractivity contribution in [1.29, 1.82) is 0 Å². The number of fused-ring (bicyclic) bond motifs is 3. The van der Waals surface area contributed by atoms with E-state index in [-0.39, 0.29) is 0 Å². The standard InChI is InChI=1S/C17H14N4O2S/c1-11(15(22)23)24-17-19-18-16-20(12-7-3-2-4-8-12)13-9-5-6-10-14(13)21(16)17/h2-11H,1H3,(H,22,23). The van der Waals surface area contributed by atoms with E-state index in [4.69, 9.17) is 5.11 Å². The van der Waals surface area contributed by atoms with Crippen LogP contribution in [0.5, 0.6) is 0 Å². The van der Waals surface area contributed by atoms with Gasteiger partial charge in [0, 0.05) is 5.69 Å². The Labute approximate surface area is 141 Å². The van der Waals surface area contributed by atoms with Crippen molar-refractivity contribution in [3.8, 4) is 5.69 Å². The summed E-state index contributed by atoms with van der Waals surface area (Å²) in [5.74, 6) is -0.203. The maximum Gasteiger partial charge on any atom is 0.316 e. The van der Waals surface area contributed by atoms with Gasteiger partial charge in [0.15, 0.2) is 5.16 Å². The van der Waals surface area contributed by atoms with E-state index in [2.05, 4.69) is 10.2 Å². The second kappa shape index (κ2) is 5.68. The van der Waals surface area contributed by atoms with E-state index in [1.165, 1.54) is 11.8 Å². The minimum absolute atomic E-state index is 0.575. The Hall–Kier alpha value is -2.80. The Kier molecular flexibility index (Phi) is 3.50. The fourth-order valence-corrected chi connectivity index (χ4v) is 3.47. The van der Waals surface area contributed by atoms with Gasteiger partial charge in [0.2, 0.25) is 5.78 Å². The average molecular weight is 338 g/mol. The van der Waals surface area contributed by atoms with E-state index in [1.807, 2.05) is 63.6 Å². The maximum atomic E-state index is 11.2. The molecule has 1 N–H and O–H groups in total. The van der Waals surface area contributed by atoms with Crippen LogP contribution in [0.3, 0.4) is 0 Å². The Bertz CT molecular complexity index is 1040. The summed E-state index contributed by atoms with van der Waals surface area (Å²) in [5, 5.41) is 17.7. The largest absolute Gasteiger partial charge is 0.480 e. The molecule has 7 heteroatoms. The maximum absolute atomic E-state index is 11.2. The minimum Gasteiger partial charge on any atom is -0.480 e. The Balaban J connectivity index is 2.00. The highest BCUT2D eigenvalue weighted by Gasteiger charge is 2.21. The third-order valence-corrected chi connectivity index (χ3v) is 4.85. The molecule has 0 saturated heterocycles. The van der Waals surface area contributed by atoms with E-state index < -0.39 is 11.2 Å². The number of benzene rings is 2. The van der Waals surface area contributed by atoms with Gasteiger partial charge in [-0.2, -0.15) is 0 Å². The first-order valence-electron chi connectivity index (χ1n) is 7.46. The fourth-order valence-electron chi connectivity index (χ4n) is 2.68. The van der Waals surface area contributed by atoms with E-state index in [0.717, 1.165) is 16.7 Å². The van der Waals surface area contributed by atoms with Crippen molar-refractivity contribution in [3.05, 3.63) is 54.6 Å². The van der Waals surface area contributed by atoms with E-state index in [1.54, 1.807) is 6.92 Å². The zero-order chi connectivity index (χ0) is 16.7. The van der Waals surface area contributed by atoms with Crippen molar-refractivity contribution >= 4 is 34.5 Å². The highest BCUT2D eigenvalue weighted by atomic mass is 32.2. The van der Waals surface area contributed by atoms with E-state index in [0.29, 0.717) is 10.9 Å². The van der Waals surface area contributed by atoms with Gasteiger partial charge in [-0.3, -0.25) is 13.8 Å². The van der Waals surface area contributed by atoms with Crippen LogP contribution in [0.1, 0.15) is 6.92 Å². The Morgan fingerprint density at radius 2 is 1.71 bits per heavy atom. The number of thioether (sulfide) groups is 1. The molecule has 24 heavy (non-hydrogen) atoms. The molecule has 0 amide bonds. The van der Waals surface area contributed by atoms with Crippen LogP contribution in [0.15, 0.2) is 59.8 Å². The van der Waals surface area contributed by atoms with Gasteiger partial charge < -0.3 is 5.11 Å². The molecule has 2 aromatic heterocycles. The second-order valence-corrected chi connectivity index (χ2v) is 6.68. The lowest BCUT2D eigenvalue weighted by atomic mass is 10.3. The second-order valence-electron chi connectivity index (χ2n) is 5.38. The molecule has 4 rings (SSSR count). The number of aliphatic carboxylic acids is 1. The molecule has 1 atom stereocenters. The number of rotatable bonds is 4. The summed E-state index contributed by atoms with van der Waals surface area (Å²) >= 11 is 1.19. The molecule has 0 radical (unpaired) electrons. The average Bonchev–Trinajstić information content (AvgIpc) is 3.14. The van der Waals surface area contributed by atoms with Crippen LogP contribution in [0.4, 0.5) is 0 Å². The van der Waals surface area contributed by atoms with Crippen LogP contribution in [-0.4, -0.2) is 35.5 Å². The van der Waals surface area contributed by atoms with Crippen molar-refractivity contribution in [1.82, 2.24) is 19.2 Å². The first kappa shape index (κ1) is 14.8. The van der Waals surface area contributed by atoms with Crippen LogP contribution in [0.2, 0.25) is 0 Å². The van der Waals surface area contributed by atoms with Crippen molar-refractivity contribution in [2.45, 2.75) is 17.3 Å². The van der Waals surface area contributed by atoms with Crippen LogP contribution in [0.25, 0.3) is 22.5 Å². The number of aromatic nitrogens is 4. The molecule has 0 saturated carbocycles. The van der Waals surface area contributed by atoms with Gasteiger partial charge in [-0.05, 0) is 31.2 Å². The van der Waals surface area contributed by atoms with Gasteiger partial charge in [0.25, 0.3) is 0 Å². The summed E-state index contributed by atoms with van der Waals surface area (Å²) in [6, 6.07) is 17.9. The van der Waals surface area contributed by atoms with E-state index in [9.17, 15) is 4.79 Å². The molecule has 2 heterocycles. The van der Waals surface area contributed by atoms with E-state index >= 15 is 0 Å². The predicted octanol–water partition coefficient (Wildman–Crippen LogP) is 3.24. The lowest BCUT2D eigenvalue weighted by Gasteiger charge is -2.03. The molecule has 0 bridgehead atoms. The summed E-state index contributed by atoms with van der Waals surface area (Å²) in [6.45, 7) is 1.64. The van der Waals surface area contributed by atoms with Crippen molar-refractivity contribution in [2.24, 2.45) is 0 Å². The Morgan fingerprint density at radius 3 is 2.42 bits per heavy atom. The number of nitrogens with zero attached hydrogens (tertiary/aromatic N) is 4. The fraction of sp³-hybridized carbons (Fsp3) is 0.118. The molecule has 0 aliphatic heterocycles. The smallest absolute Gasteiger partial charge is 0.316 e. The summed E-state index contributed by atoms with van der Waals surface area (Å²) in [7, 11) is 0. The third-order valence-electron chi connectivity index (χ3n) is 3.82. The number of imidazole rings is 1. The molecular weight excluding hydrogens is 324 g/mol. The third kappa shape index (κ3) is 2.25. The molecule has 2 aromatic carbocycles. The quantitative estimate of drug-likeness (QED) is 0.578. The molecule has 0 aliphatic carbocycles. The normalized spacial score (nSPS) is 12.7. The van der Waals surface area contributed by atoms with Crippen LogP contribution >= 0.6 is 11.8 Å². The zero-order valence-corrected chi connectivity index (χ0v) is 13.6. The van der Waals surface area contributed by atoms with Gasteiger partial charge in [-0.15, -0.1) is 10.2 Å². The monoisotopic (exact) mass is 338 g/mol. The lowest BCUT2D eigenvalue weighted by molar-refractivity contribution is -0.136. The van der Waals surface area contributed by atoms with Crippen LogP contribution < -0.4 is 0 Å². The molecule has 0 aliphatic rings. The zero-order valence-electron chi connectivity index (χ0n) is 12.8. The van der Waals surface area contributed by atoms with Crippen molar-refractivity contribution < 1.29 is 9.90 Å². The molecule has 120 valence electrons. The molecule has 0 fully saturated rings. The van der Waals surface area contributed by atoms with Crippen LogP contribution in [0, 0.1) is 0 Å². The minimum atomic E-state index is -0.872. The van der Waals surface area contributed by atoms with Crippen LogP contribution in [-0.2, 0) is 4.79 Å². The van der Waals surface area contributed by atoms with Crippen molar-refractivity contribution in [3.63, 3.8) is 0 Å².